The first-order valence-electron chi connectivity index (χ1n) is 10.0. The molecule has 1 aromatic rings. The van der Waals surface area contributed by atoms with Crippen molar-refractivity contribution in [3.05, 3.63) is 35.9 Å². The van der Waals surface area contributed by atoms with Crippen LogP contribution in [0.4, 0.5) is 0 Å². The van der Waals surface area contributed by atoms with Crippen molar-refractivity contribution in [1.82, 2.24) is 0 Å². The highest BCUT2D eigenvalue weighted by Gasteiger charge is 2.49. The summed E-state index contributed by atoms with van der Waals surface area (Å²) in [6.07, 6.45) is 3.57. The number of hydrogen-bond acceptors (Lipinski definition) is 3. The van der Waals surface area contributed by atoms with Gasteiger partial charge in [-0.3, -0.25) is 0 Å². The molecule has 24 heavy (non-hydrogen) atoms. The molecule has 1 saturated heterocycles. The molecule has 2 fully saturated rings. The van der Waals surface area contributed by atoms with Gasteiger partial charge in [-0.2, -0.15) is 0 Å². The Hall–Kier alpha value is -0.660. The molecule has 3 atom stereocenters. The van der Waals surface area contributed by atoms with Crippen LogP contribution < -0.4 is 24.0 Å². The lowest BCUT2D eigenvalue weighted by molar-refractivity contribution is -0.879. The maximum Gasteiger partial charge on any atom is 0.343 e. The molecule has 1 N–H and O–H groups in total. The van der Waals surface area contributed by atoms with Crippen molar-refractivity contribution >= 4 is 5.97 Å². The maximum atomic E-state index is 13.0. The van der Waals surface area contributed by atoms with Crippen molar-refractivity contribution in [2.24, 2.45) is 5.92 Å². The third-order valence-corrected chi connectivity index (χ3v) is 5.30. The first-order valence-corrected chi connectivity index (χ1v) is 8.50. The molecule has 0 aromatic heterocycles. The van der Waals surface area contributed by atoms with Crippen LogP contribution >= 0.6 is 0 Å². The molecule has 2 aliphatic rings. The monoisotopic (exact) mass is 449 g/mol. The molecule has 134 valence electrons. The largest absolute Gasteiger partial charge is 1.00 e. The third-order valence-electron chi connectivity index (χ3n) is 5.30. The first-order chi connectivity index (χ1) is 12.2. The van der Waals surface area contributed by atoms with E-state index in [1.807, 2.05) is 6.07 Å². The summed E-state index contributed by atoms with van der Waals surface area (Å²) in [5.41, 5.74) is -1.10. The van der Waals surface area contributed by atoms with Crippen LogP contribution in [0.2, 0.25) is 0 Å². The number of rotatable bonds is 4. The van der Waals surface area contributed by atoms with Crippen molar-refractivity contribution in [1.29, 1.82) is 0 Å². The highest BCUT2D eigenvalue weighted by atomic mass is 127. The SMILES string of the molecule is [2H][13C]([2H])([2H])[N+]1(C)CCC(OC(=O)C(O)(c2ccccc2)C2CCCC2)C1.[I-]. The van der Waals surface area contributed by atoms with E-state index in [9.17, 15) is 9.90 Å². The minimum Gasteiger partial charge on any atom is -1.00 e. The summed E-state index contributed by atoms with van der Waals surface area (Å²) in [5, 5.41) is 11.4. The Kier molecular flexibility index (Phi) is 5.00. The number of nitrogens with zero attached hydrogens (tertiary/aromatic N) is 1. The second-order valence-corrected chi connectivity index (χ2v) is 7.23. The van der Waals surface area contributed by atoms with Crippen LogP contribution in [0, 0.1) is 5.92 Å². The maximum absolute atomic E-state index is 13.0. The lowest BCUT2D eigenvalue weighted by atomic mass is 9.80. The summed E-state index contributed by atoms with van der Waals surface area (Å²) < 4.78 is 28.7. The number of aliphatic hydroxyl groups is 1. The first kappa shape index (κ1) is 15.6. The quantitative estimate of drug-likeness (QED) is 0.291. The molecule has 3 rings (SSSR count). The number of likely N-dealkylation sites (N-methyl/N-ethyl adjacent to an activating group) is 1. The number of carbonyl (C=O) groups excluding carboxylic acids is 1. The highest BCUT2D eigenvalue weighted by molar-refractivity contribution is 5.81. The third kappa shape index (κ3) is 3.94. The van der Waals surface area contributed by atoms with E-state index in [0.717, 1.165) is 25.7 Å². The summed E-state index contributed by atoms with van der Waals surface area (Å²) >= 11 is 0. The zero-order chi connectivity index (χ0) is 19.0. The van der Waals surface area contributed by atoms with E-state index >= 15 is 0 Å². The van der Waals surface area contributed by atoms with Crippen LogP contribution in [-0.4, -0.2) is 48.8 Å². The van der Waals surface area contributed by atoms with Gasteiger partial charge in [-0.1, -0.05) is 43.2 Å². The van der Waals surface area contributed by atoms with Gasteiger partial charge in [0.1, 0.15) is 6.54 Å². The summed E-state index contributed by atoms with van der Waals surface area (Å²) in [6, 6.07) is 8.98. The fourth-order valence-electron chi connectivity index (χ4n) is 3.95. The number of carbonyl (C=O) groups is 1. The van der Waals surface area contributed by atoms with Gasteiger partial charge in [0.2, 0.25) is 0 Å². The predicted molar refractivity (Wildman–Crippen MR) is 88.6 cm³/mol. The van der Waals surface area contributed by atoms with Crippen LogP contribution in [0.1, 0.15) is 41.8 Å². The second kappa shape index (κ2) is 7.70. The Morgan fingerprint density at radius 1 is 1.29 bits per heavy atom. The summed E-state index contributed by atoms with van der Waals surface area (Å²) in [5.74, 6) is -0.804. The number of halogens is 1. The van der Waals surface area contributed by atoms with Crippen LogP contribution in [0.25, 0.3) is 0 Å². The second-order valence-electron chi connectivity index (χ2n) is 7.23. The topological polar surface area (TPSA) is 46.5 Å². The van der Waals surface area contributed by atoms with E-state index in [1.54, 1.807) is 31.3 Å². The average Bonchev–Trinajstić information content (AvgIpc) is 3.25. The van der Waals surface area contributed by atoms with Gasteiger partial charge in [-0.25, -0.2) is 4.79 Å². The summed E-state index contributed by atoms with van der Waals surface area (Å²) in [7, 11) is 1.67. The van der Waals surface area contributed by atoms with Crippen LogP contribution in [0.15, 0.2) is 30.3 Å². The van der Waals surface area contributed by atoms with Gasteiger partial charge in [0.15, 0.2) is 11.7 Å². The lowest BCUT2D eigenvalue weighted by Gasteiger charge is -2.33. The molecule has 1 heterocycles. The molecule has 0 radical (unpaired) electrons. The molecule has 1 aliphatic carbocycles. The van der Waals surface area contributed by atoms with E-state index in [-0.39, 0.29) is 40.9 Å². The molecular weight excluding hydrogens is 418 g/mol. The Balaban J connectivity index is 0.00000261. The summed E-state index contributed by atoms with van der Waals surface area (Å²) in [4.78, 5) is 13.0. The Morgan fingerprint density at radius 3 is 2.54 bits per heavy atom. The number of quaternary nitrogens is 1. The van der Waals surface area contributed by atoms with Gasteiger partial charge < -0.3 is 38.3 Å². The van der Waals surface area contributed by atoms with Crippen molar-refractivity contribution in [3.63, 3.8) is 0 Å². The van der Waals surface area contributed by atoms with Crippen molar-refractivity contribution < 1.29 is 47.2 Å². The highest BCUT2D eigenvalue weighted by Crippen LogP contribution is 2.42. The molecule has 1 aliphatic heterocycles. The Morgan fingerprint density at radius 2 is 1.96 bits per heavy atom. The minimum atomic E-state index is -2.14. The molecule has 0 spiro atoms. The van der Waals surface area contributed by atoms with E-state index in [4.69, 9.17) is 8.85 Å². The number of hydrogen-bond donors (Lipinski definition) is 1. The van der Waals surface area contributed by atoms with Crippen molar-refractivity contribution in [3.8, 4) is 0 Å². The number of esters is 1. The smallest absolute Gasteiger partial charge is 0.343 e. The van der Waals surface area contributed by atoms with Crippen LogP contribution in [-0.2, 0) is 15.1 Å². The van der Waals surface area contributed by atoms with Crippen LogP contribution in [0.3, 0.4) is 0 Å². The zero-order valence-corrected chi connectivity index (χ0v) is 16.2. The van der Waals surface area contributed by atoms with E-state index in [2.05, 4.69) is 0 Å². The van der Waals surface area contributed by atoms with Gasteiger partial charge in [0.25, 0.3) is 0 Å². The van der Waals surface area contributed by atoms with Crippen molar-refractivity contribution in [2.45, 2.75) is 43.8 Å². The lowest BCUT2D eigenvalue weighted by Crippen LogP contribution is -3.00. The zero-order valence-electron chi connectivity index (χ0n) is 17.1. The predicted octanol–water partition coefficient (Wildman–Crippen LogP) is -0.540. The molecule has 4 nitrogen and oxygen atoms in total. The summed E-state index contributed by atoms with van der Waals surface area (Å²) in [6.45, 7) is -1.46. The molecule has 0 bridgehead atoms. The molecule has 5 heteroatoms. The van der Waals surface area contributed by atoms with Gasteiger partial charge in [0, 0.05) is 12.3 Å². The number of ether oxygens (including phenoxy) is 1. The number of likely N-dealkylation sites (tertiary alicyclic amines) is 1. The standard InChI is InChI=1S/C19H28NO3.HI/c1-20(2)13-12-17(14-20)23-18(21)19(22,16-10-6-7-11-16)15-8-4-3-5-9-15;/h3-5,8-9,16-17,22H,6-7,10-14H2,1-2H3;1H/q+1;/p-1/i1+1D3;. The fourth-order valence-corrected chi connectivity index (χ4v) is 3.95. The fraction of sp³-hybridized carbons (Fsp3) is 0.632. The minimum absolute atomic E-state index is 0. The van der Waals surface area contributed by atoms with Gasteiger partial charge >= 0.3 is 5.97 Å². The molecule has 1 saturated carbocycles. The van der Waals surface area contributed by atoms with E-state index in [0.29, 0.717) is 18.5 Å². The molecular formula is C19H28INO3. The van der Waals surface area contributed by atoms with E-state index < -0.39 is 24.7 Å². The van der Waals surface area contributed by atoms with Crippen LogP contribution in [0.5, 0.6) is 0 Å². The van der Waals surface area contributed by atoms with Crippen molar-refractivity contribution in [2.75, 3.05) is 27.1 Å². The average molecular weight is 449 g/mol. The van der Waals surface area contributed by atoms with Gasteiger partial charge in [0.05, 0.1) is 24.7 Å². The molecule has 0 amide bonds. The number of benzene rings is 1. The van der Waals surface area contributed by atoms with E-state index in [1.165, 1.54) is 0 Å². The van der Waals surface area contributed by atoms with Gasteiger partial charge in [-0.15, -0.1) is 0 Å². The Labute approximate surface area is 166 Å². The van der Waals surface area contributed by atoms with Gasteiger partial charge in [-0.05, 0) is 18.4 Å². The normalized spacial score (nSPS) is 32.1. The molecule has 3 unspecified atom stereocenters. The molecule has 1 aromatic carbocycles. The Bertz CT molecular complexity index is 651.